The molecule has 1 amide bonds. The number of carbonyl (C=O) groups is 1. The van der Waals surface area contributed by atoms with Crippen LogP contribution in [0.15, 0.2) is 35.6 Å². The lowest BCUT2D eigenvalue weighted by molar-refractivity contribution is -0.115. The van der Waals surface area contributed by atoms with Crippen LogP contribution >= 0.6 is 11.8 Å². The number of halogens is 1. The van der Waals surface area contributed by atoms with Gasteiger partial charge in [0.15, 0.2) is 5.16 Å². The van der Waals surface area contributed by atoms with E-state index in [-0.39, 0.29) is 24.6 Å². The van der Waals surface area contributed by atoms with Crippen molar-refractivity contribution in [2.45, 2.75) is 18.2 Å². The maximum atomic E-state index is 13.4. The monoisotopic (exact) mass is 309 g/mol. The van der Waals surface area contributed by atoms with E-state index in [0.717, 1.165) is 5.16 Å². The first-order valence-electron chi connectivity index (χ1n) is 6.40. The Morgan fingerprint density at radius 3 is 2.90 bits per heavy atom. The first-order valence-corrected chi connectivity index (χ1v) is 7.39. The van der Waals surface area contributed by atoms with Gasteiger partial charge < -0.3 is 15.0 Å². The molecule has 1 aromatic carbocycles. The molecule has 0 aliphatic carbocycles. The summed E-state index contributed by atoms with van der Waals surface area (Å²) in [6, 6.07) is 6.06. The number of thioether (sulfide) groups is 1. The lowest BCUT2D eigenvalue weighted by Crippen LogP contribution is -2.13. The summed E-state index contributed by atoms with van der Waals surface area (Å²) >= 11 is 1.41. The zero-order valence-electron chi connectivity index (χ0n) is 11.5. The Bertz CT molecular complexity index is 630. The highest BCUT2D eigenvalue weighted by atomic mass is 32.2. The summed E-state index contributed by atoms with van der Waals surface area (Å²) in [6.45, 7) is -0.0716. The number of hydrogen-bond acceptors (Lipinski definition) is 4. The van der Waals surface area contributed by atoms with E-state index in [9.17, 15) is 9.18 Å². The van der Waals surface area contributed by atoms with Gasteiger partial charge in [0, 0.05) is 19.2 Å². The number of aliphatic hydroxyl groups is 1. The fourth-order valence-electron chi connectivity index (χ4n) is 1.72. The number of rotatable bonds is 6. The Labute approximate surface area is 126 Å². The van der Waals surface area contributed by atoms with Crippen molar-refractivity contribution >= 4 is 23.4 Å². The maximum absolute atomic E-state index is 13.4. The number of amides is 1. The van der Waals surface area contributed by atoms with Gasteiger partial charge in [-0.1, -0.05) is 23.9 Å². The van der Waals surface area contributed by atoms with E-state index in [0.29, 0.717) is 11.4 Å². The molecule has 2 N–H and O–H groups in total. The molecule has 2 aromatic rings. The number of para-hydroxylation sites is 1. The SMILES string of the molecule is Cn1c(CO)cnc1SCCC(=O)Nc1ccccc1F. The highest BCUT2D eigenvalue weighted by Gasteiger charge is 2.09. The number of nitrogens with one attached hydrogen (secondary N) is 1. The highest BCUT2D eigenvalue weighted by molar-refractivity contribution is 7.99. The number of aliphatic hydroxyl groups excluding tert-OH is 1. The minimum absolute atomic E-state index is 0.0716. The Balaban J connectivity index is 1.82. The lowest BCUT2D eigenvalue weighted by atomic mass is 10.3. The molecule has 1 heterocycles. The third kappa shape index (κ3) is 4.05. The van der Waals surface area contributed by atoms with Crippen LogP contribution in [0.1, 0.15) is 12.1 Å². The van der Waals surface area contributed by atoms with Gasteiger partial charge >= 0.3 is 0 Å². The van der Waals surface area contributed by atoms with Gasteiger partial charge in [-0.15, -0.1) is 0 Å². The molecule has 0 fully saturated rings. The largest absolute Gasteiger partial charge is 0.390 e. The predicted molar refractivity (Wildman–Crippen MR) is 79.5 cm³/mol. The minimum atomic E-state index is -0.449. The van der Waals surface area contributed by atoms with Crippen molar-refractivity contribution in [3.05, 3.63) is 42.0 Å². The van der Waals surface area contributed by atoms with Crippen molar-refractivity contribution in [1.82, 2.24) is 9.55 Å². The molecule has 0 unspecified atom stereocenters. The molecule has 5 nitrogen and oxygen atoms in total. The smallest absolute Gasteiger partial charge is 0.225 e. The average Bonchev–Trinajstić information content (AvgIpc) is 2.82. The van der Waals surface area contributed by atoms with Crippen molar-refractivity contribution in [1.29, 1.82) is 0 Å². The van der Waals surface area contributed by atoms with E-state index in [2.05, 4.69) is 10.3 Å². The molecule has 0 saturated carbocycles. The van der Waals surface area contributed by atoms with Gasteiger partial charge in [0.2, 0.25) is 5.91 Å². The van der Waals surface area contributed by atoms with Crippen molar-refractivity contribution in [2.75, 3.05) is 11.1 Å². The second-order valence-corrected chi connectivity index (χ2v) is 5.44. The summed E-state index contributed by atoms with van der Waals surface area (Å²) in [4.78, 5) is 15.9. The first-order chi connectivity index (χ1) is 10.1. The van der Waals surface area contributed by atoms with E-state index in [1.807, 2.05) is 0 Å². The molecule has 0 atom stereocenters. The molecule has 0 spiro atoms. The number of anilines is 1. The number of benzene rings is 1. The molecular weight excluding hydrogens is 293 g/mol. The molecule has 0 aliphatic heterocycles. The van der Waals surface area contributed by atoms with E-state index in [1.165, 1.54) is 23.9 Å². The first kappa shape index (κ1) is 15.5. The van der Waals surface area contributed by atoms with E-state index < -0.39 is 5.82 Å². The van der Waals surface area contributed by atoms with Gasteiger partial charge in [0.05, 0.1) is 24.2 Å². The van der Waals surface area contributed by atoms with Gasteiger partial charge in [-0.05, 0) is 12.1 Å². The lowest BCUT2D eigenvalue weighted by Gasteiger charge is -2.06. The summed E-state index contributed by atoms with van der Waals surface area (Å²) in [5.41, 5.74) is 0.903. The summed E-state index contributed by atoms with van der Waals surface area (Å²) < 4.78 is 15.2. The number of carbonyl (C=O) groups excluding carboxylic acids is 1. The molecule has 21 heavy (non-hydrogen) atoms. The molecule has 0 bridgehead atoms. The summed E-state index contributed by atoms with van der Waals surface area (Å²) in [7, 11) is 1.81. The number of hydrogen-bond donors (Lipinski definition) is 2. The summed E-state index contributed by atoms with van der Waals surface area (Å²) in [6.07, 6.45) is 1.85. The Hall–Kier alpha value is -1.86. The van der Waals surface area contributed by atoms with Crippen LogP contribution in [-0.2, 0) is 18.4 Å². The van der Waals surface area contributed by atoms with Crippen LogP contribution in [0.25, 0.3) is 0 Å². The molecule has 2 rings (SSSR count). The second kappa shape index (κ2) is 7.24. The molecule has 112 valence electrons. The zero-order chi connectivity index (χ0) is 15.2. The normalized spacial score (nSPS) is 10.6. The molecule has 1 aromatic heterocycles. The number of aromatic nitrogens is 2. The Morgan fingerprint density at radius 1 is 1.48 bits per heavy atom. The van der Waals surface area contributed by atoms with Crippen LogP contribution in [0.3, 0.4) is 0 Å². The van der Waals surface area contributed by atoms with E-state index >= 15 is 0 Å². The van der Waals surface area contributed by atoms with E-state index in [4.69, 9.17) is 5.11 Å². The van der Waals surface area contributed by atoms with Gasteiger partial charge in [-0.25, -0.2) is 9.37 Å². The van der Waals surface area contributed by atoms with Crippen molar-refractivity contribution in [2.24, 2.45) is 7.05 Å². The average molecular weight is 309 g/mol. The molecular formula is C14H16FN3O2S. The third-order valence-electron chi connectivity index (χ3n) is 2.91. The quantitative estimate of drug-likeness (QED) is 0.803. The highest BCUT2D eigenvalue weighted by Crippen LogP contribution is 2.19. The minimum Gasteiger partial charge on any atom is -0.390 e. The Kier molecular flexibility index (Phi) is 5.35. The summed E-state index contributed by atoms with van der Waals surface area (Å²) in [5.74, 6) is -0.171. The van der Waals surface area contributed by atoms with Gasteiger partial charge in [-0.3, -0.25) is 4.79 Å². The number of nitrogens with zero attached hydrogens (tertiary/aromatic N) is 2. The Morgan fingerprint density at radius 2 is 2.24 bits per heavy atom. The van der Waals surface area contributed by atoms with Gasteiger partial charge in [0.25, 0.3) is 0 Å². The second-order valence-electron chi connectivity index (χ2n) is 4.38. The van der Waals surface area contributed by atoms with E-state index in [1.54, 1.807) is 29.9 Å². The molecule has 0 radical (unpaired) electrons. The van der Waals surface area contributed by atoms with Crippen LogP contribution in [-0.4, -0.2) is 26.3 Å². The standard InChI is InChI=1S/C14H16FN3O2S/c1-18-10(9-19)8-16-14(18)21-7-6-13(20)17-12-5-3-2-4-11(12)15/h2-5,8,19H,6-7,9H2,1H3,(H,17,20). The van der Waals surface area contributed by atoms with Gasteiger partial charge in [-0.2, -0.15) is 0 Å². The van der Waals surface area contributed by atoms with Crippen molar-refractivity contribution in [3.8, 4) is 0 Å². The number of imidazole rings is 1. The predicted octanol–water partition coefficient (Wildman–Crippen LogP) is 2.17. The van der Waals surface area contributed by atoms with Crippen LogP contribution in [0, 0.1) is 5.82 Å². The van der Waals surface area contributed by atoms with Crippen LogP contribution in [0.4, 0.5) is 10.1 Å². The van der Waals surface area contributed by atoms with Crippen LogP contribution in [0.5, 0.6) is 0 Å². The van der Waals surface area contributed by atoms with Crippen LogP contribution < -0.4 is 5.32 Å². The molecule has 7 heteroatoms. The fraction of sp³-hybridized carbons (Fsp3) is 0.286. The zero-order valence-corrected chi connectivity index (χ0v) is 12.4. The maximum Gasteiger partial charge on any atom is 0.225 e. The molecule has 0 aliphatic rings. The fourth-order valence-corrected chi connectivity index (χ4v) is 2.63. The topological polar surface area (TPSA) is 67.1 Å². The van der Waals surface area contributed by atoms with Crippen molar-refractivity contribution in [3.63, 3.8) is 0 Å². The molecule has 0 saturated heterocycles. The van der Waals surface area contributed by atoms with Crippen molar-refractivity contribution < 1.29 is 14.3 Å². The summed E-state index contributed by atoms with van der Waals surface area (Å²) in [5, 5.41) is 12.3. The van der Waals surface area contributed by atoms with Gasteiger partial charge in [0.1, 0.15) is 5.82 Å². The third-order valence-corrected chi connectivity index (χ3v) is 3.96. The van der Waals surface area contributed by atoms with Crippen LogP contribution in [0.2, 0.25) is 0 Å².